The summed E-state index contributed by atoms with van der Waals surface area (Å²) in [6.45, 7) is 4.71. The van der Waals surface area contributed by atoms with Gasteiger partial charge in [-0.25, -0.2) is 14.6 Å². The van der Waals surface area contributed by atoms with Crippen molar-refractivity contribution >= 4 is 23.7 Å². The van der Waals surface area contributed by atoms with Gasteiger partial charge in [0.15, 0.2) is 0 Å². The van der Waals surface area contributed by atoms with Crippen molar-refractivity contribution in [3.05, 3.63) is 71.9 Å². The van der Waals surface area contributed by atoms with Gasteiger partial charge in [0, 0.05) is 31.4 Å². The molecule has 2 aromatic rings. The van der Waals surface area contributed by atoms with Crippen LogP contribution in [0.5, 0.6) is 0 Å². The van der Waals surface area contributed by atoms with E-state index in [0.717, 1.165) is 24.7 Å². The quantitative estimate of drug-likeness (QED) is 0.487. The lowest BCUT2D eigenvalue weighted by atomic mass is 10.1. The average Bonchev–Trinajstić information content (AvgIpc) is 2.73. The third kappa shape index (κ3) is 8.06. The maximum atomic E-state index is 9.55. The maximum Gasteiger partial charge on any atom is 0.328 e. The molecule has 154 valence electrons. The molecule has 3 N–H and O–H groups in total. The van der Waals surface area contributed by atoms with Gasteiger partial charge in [0.2, 0.25) is 0 Å². The van der Waals surface area contributed by atoms with Gasteiger partial charge in [0.1, 0.15) is 0 Å². The standard InChI is InChI=1S/C17H20N2OS.C4H4O4/c1-13-6-5-9-19-17(13)21-16(14-7-3-2-4-8-14)15-12-18-10-11-20-15;5-3(6)1-2-4(7)8/h2-9,15-16,18H,10-12H2,1H3;1-2H,(H,5,6)(H,7,8)/b;2-1+/t15-,16-;/m0./s1. The van der Waals surface area contributed by atoms with Gasteiger partial charge in [-0.15, -0.1) is 0 Å². The Morgan fingerprint density at radius 3 is 2.41 bits per heavy atom. The van der Waals surface area contributed by atoms with E-state index in [1.165, 1.54) is 11.1 Å². The number of hydrogen-bond acceptors (Lipinski definition) is 6. The minimum Gasteiger partial charge on any atom is -0.478 e. The van der Waals surface area contributed by atoms with E-state index in [1.54, 1.807) is 11.8 Å². The largest absolute Gasteiger partial charge is 0.478 e. The topological polar surface area (TPSA) is 109 Å². The second-order valence-corrected chi connectivity index (χ2v) is 7.33. The van der Waals surface area contributed by atoms with Crippen molar-refractivity contribution in [3.63, 3.8) is 0 Å². The number of rotatable bonds is 6. The molecule has 1 aromatic heterocycles. The summed E-state index contributed by atoms with van der Waals surface area (Å²) >= 11 is 1.80. The summed E-state index contributed by atoms with van der Waals surface area (Å²) in [7, 11) is 0. The normalized spacial score (nSPS) is 17.2. The Morgan fingerprint density at radius 1 is 1.17 bits per heavy atom. The van der Waals surface area contributed by atoms with E-state index in [9.17, 15) is 9.59 Å². The van der Waals surface area contributed by atoms with Crippen LogP contribution in [-0.4, -0.2) is 52.9 Å². The van der Waals surface area contributed by atoms with Crippen LogP contribution in [0.25, 0.3) is 0 Å². The molecule has 1 fully saturated rings. The maximum absolute atomic E-state index is 9.55. The second-order valence-electron chi connectivity index (χ2n) is 6.20. The van der Waals surface area contributed by atoms with E-state index in [4.69, 9.17) is 14.9 Å². The van der Waals surface area contributed by atoms with Crippen LogP contribution in [0.2, 0.25) is 0 Å². The van der Waals surface area contributed by atoms with Crippen LogP contribution < -0.4 is 5.32 Å². The van der Waals surface area contributed by atoms with Crippen molar-refractivity contribution in [1.82, 2.24) is 10.3 Å². The first-order valence-electron chi connectivity index (χ1n) is 9.07. The van der Waals surface area contributed by atoms with Crippen molar-refractivity contribution in [3.8, 4) is 0 Å². The summed E-state index contributed by atoms with van der Waals surface area (Å²) in [6, 6.07) is 14.7. The third-order valence-electron chi connectivity index (χ3n) is 3.99. The highest BCUT2D eigenvalue weighted by Crippen LogP contribution is 2.39. The number of carbonyl (C=O) groups is 2. The lowest BCUT2D eigenvalue weighted by molar-refractivity contribution is -0.134. The monoisotopic (exact) mass is 416 g/mol. The predicted octanol–water partition coefficient (Wildman–Crippen LogP) is 2.92. The Morgan fingerprint density at radius 2 is 1.86 bits per heavy atom. The van der Waals surface area contributed by atoms with Crippen LogP contribution in [-0.2, 0) is 14.3 Å². The zero-order chi connectivity index (χ0) is 21.1. The van der Waals surface area contributed by atoms with E-state index in [0.29, 0.717) is 12.2 Å². The van der Waals surface area contributed by atoms with Crippen LogP contribution in [0.4, 0.5) is 0 Å². The minimum absolute atomic E-state index is 0.174. The number of aromatic nitrogens is 1. The van der Waals surface area contributed by atoms with E-state index >= 15 is 0 Å². The highest BCUT2D eigenvalue weighted by molar-refractivity contribution is 7.99. The summed E-state index contributed by atoms with van der Waals surface area (Å²) in [4.78, 5) is 23.6. The Balaban J connectivity index is 0.000000321. The molecule has 0 amide bonds. The molecular formula is C21H24N2O5S. The molecule has 1 aliphatic rings. The molecule has 7 nitrogen and oxygen atoms in total. The van der Waals surface area contributed by atoms with Gasteiger partial charge in [-0.05, 0) is 24.1 Å². The second kappa shape index (κ2) is 12.0. The first-order chi connectivity index (χ1) is 14.0. The summed E-state index contributed by atoms with van der Waals surface area (Å²) in [6.07, 6.45) is 3.15. The number of carboxylic acid groups (broad SMARTS) is 2. The number of aryl methyl sites for hydroxylation is 1. The van der Waals surface area contributed by atoms with Gasteiger partial charge in [0.05, 0.1) is 23.0 Å². The smallest absolute Gasteiger partial charge is 0.328 e. The number of morpholine rings is 1. The van der Waals surface area contributed by atoms with Gasteiger partial charge < -0.3 is 20.3 Å². The molecule has 0 spiro atoms. The number of aliphatic carboxylic acids is 2. The van der Waals surface area contributed by atoms with Gasteiger partial charge in [-0.3, -0.25) is 0 Å². The number of nitrogens with one attached hydrogen (secondary N) is 1. The molecule has 1 saturated heterocycles. The molecule has 1 aliphatic heterocycles. The number of benzene rings is 1. The van der Waals surface area contributed by atoms with Crippen molar-refractivity contribution in [2.24, 2.45) is 0 Å². The minimum atomic E-state index is -1.26. The molecular weight excluding hydrogens is 392 g/mol. The molecule has 3 rings (SSSR count). The predicted molar refractivity (Wildman–Crippen MR) is 111 cm³/mol. The molecule has 0 saturated carbocycles. The van der Waals surface area contributed by atoms with Crippen molar-refractivity contribution in [1.29, 1.82) is 0 Å². The Hall–Kier alpha value is -2.68. The fourth-order valence-corrected chi connectivity index (χ4v) is 3.87. The number of nitrogens with zero attached hydrogens (tertiary/aromatic N) is 1. The van der Waals surface area contributed by atoms with Crippen molar-refractivity contribution in [2.75, 3.05) is 19.7 Å². The summed E-state index contributed by atoms with van der Waals surface area (Å²) in [5.74, 6) is -2.51. The van der Waals surface area contributed by atoms with Crippen molar-refractivity contribution < 1.29 is 24.5 Å². The molecule has 1 aromatic carbocycles. The van der Waals surface area contributed by atoms with E-state index < -0.39 is 11.9 Å². The molecule has 0 bridgehead atoms. The Bertz CT molecular complexity index is 807. The molecule has 8 heteroatoms. The van der Waals surface area contributed by atoms with Crippen LogP contribution in [0.3, 0.4) is 0 Å². The first-order valence-corrected chi connectivity index (χ1v) is 9.95. The van der Waals surface area contributed by atoms with E-state index in [2.05, 4.69) is 53.6 Å². The summed E-state index contributed by atoms with van der Waals surface area (Å²) in [5.41, 5.74) is 2.51. The molecule has 0 unspecified atom stereocenters. The van der Waals surface area contributed by atoms with Gasteiger partial charge >= 0.3 is 11.9 Å². The highest BCUT2D eigenvalue weighted by Gasteiger charge is 2.27. The van der Waals surface area contributed by atoms with Gasteiger partial charge in [0.25, 0.3) is 0 Å². The highest BCUT2D eigenvalue weighted by atomic mass is 32.2. The molecule has 0 aliphatic carbocycles. The molecule has 2 atom stereocenters. The first kappa shape index (κ1) is 22.6. The summed E-state index contributed by atoms with van der Waals surface area (Å²) < 4.78 is 6.00. The van der Waals surface area contributed by atoms with Gasteiger partial charge in [-0.2, -0.15) is 0 Å². The van der Waals surface area contributed by atoms with Crippen LogP contribution in [0.1, 0.15) is 16.4 Å². The lowest BCUT2D eigenvalue weighted by Crippen LogP contribution is -2.41. The fraction of sp³-hybridized carbons (Fsp3) is 0.286. The SMILES string of the molecule is Cc1cccnc1S[C@@H](c1ccccc1)[C@@H]1CNCCO1.O=C(O)/C=C/C(=O)O. The van der Waals surface area contributed by atoms with Crippen molar-refractivity contribution in [2.45, 2.75) is 23.3 Å². The Kier molecular flexibility index (Phi) is 9.36. The van der Waals surface area contributed by atoms with Crippen LogP contribution in [0.15, 0.2) is 65.8 Å². The molecule has 0 radical (unpaired) electrons. The van der Waals surface area contributed by atoms with Crippen LogP contribution >= 0.6 is 11.8 Å². The number of thioether (sulfide) groups is 1. The lowest BCUT2D eigenvalue weighted by Gasteiger charge is -2.31. The number of hydrogen-bond donors (Lipinski definition) is 3. The average molecular weight is 416 g/mol. The number of carboxylic acids is 2. The zero-order valence-electron chi connectivity index (χ0n) is 16.0. The fourth-order valence-electron chi connectivity index (χ4n) is 2.64. The zero-order valence-corrected chi connectivity index (χ0v) is 16.8. The van der Waals surface area contributed by atoms with Crippen LogP contribution in [0, 0.1) is 6.92 Å². The Labute approximate surface area is 173 Å². The molecule has 2 heterocycles. The summed E-state index contributed by atoms with van der Waals surface area (Å²) in [5, 5.41) is 20.4. The van der Waals surface area contributed by atoms with E-state index in [-0.39, 0.29) is 11.4 Å². The van der Waals surface area contributed by atoms with E-state index in [1.807, 2.05) is 12.3 Å². The number of pyridine rings is 1. The van der Waals surface area contributed by atoms with Gasteiger partial charge in [-0.1, -0.05) is 48.2 Å². The number of ether oxygens (including phenoxy) is 1. The molecule has 29 heavy (non-hydrogen) atoms. The third-order valence-corrected chi connectivity index (χ3v) is 5.47.